The number of phenols is 1. The van der Waals surface area contributed by atoms with Crippen LogP contribution in [0.25, 0.3) is 45.2 Å². The molecule has 9 heteroatoms. The minimum absolute atomic E-state index is 0.00391. The quantitative estimate of drug-likeness (QED) is 0.113. The Hall–Kier alpha value is -10.1. The molecular formula is C82H74BN3O5. The first-order chi connectivity index (χ1) is 43.9. The number of para-hydroxylation sites is 1. The molecule has 11 aromatic rings. The van der Waals surface area contributed by atoms with Crippen LogP contribution in [0.2, 0.25) is 0 Å². The molecule has 0 atom stereocenters. The van der Waals surface area contributed by atoms with E-state index in [9.17, 15) is 5.11 Å². The molecule has 0 saturated heterocycles. The van der Waals surface area contributed by atoms with Crippen LogP contribution in [0.15, 0.2) is 218 Å². The molecule has 91 heavy (non-hydrogen) atoms. The molecule has 0 saturated carbocycles. The number of fused-ring (bicyclic) bond motifs is 7. The lowest BCUT2D eigenvalue weighted by molar-refractivity contribution is 0.171. The Kier molecular flexibility index (Phi) is 13.9. The van der Waals surface area contributed by atoms with Crippen molar-refractivity contribution < 1.29 is 24.1 Å². The lowest BCUT2D eigenvalue weighted by Gasteiger charge is -2.45. The normalized spacial score (nSPS) is 14.1. The highest BCUT2D eigenvalue weighted by molar-refractivity contribution is 7.00. The predicted molar refractivity (Wildman–Crippen MR) is 379 cm³/mol. The van der Waals surface area contributed by atoms with E-state index < -0.39 is 0 Å². The van der Waals surface area contributed by atoms with Gasteiger partial charge in [-0.05, 0) is 173 Å². The molecule has 11 aromatic carbocycles. The van der Waals surface area contributed by atoms with Crippen molar-refractivity contribution in [3.05, 3.63) is 246 Å². The van der Waals surface area contributed by atoms with Gasteiger partial charge < -0.3 is 38.8 Å². The van der Waals surface area contributed by atoms with Gasteiger partial charge >= 0.3 is 0 Å². The van der Waals surface area contributed by atoms with Crippen LogP contribution in [0.3, 0.4) is 0 Å². The summed E-state index contributed by atoms with van der Waals surface area (Å²) in [5.41, 5.74) is 22.7. The van der Waals surface area contributed by atoms with Crippen molar-refractivity contribution in [3.8, 4) is 51.0 Å². The summed E-state index contributed by atoms with van der Waals surface area (Å²) in [6.07, 6.45) is 4.03. The Bertz CT molecular complexity index is 4690. The number of hydrogen-bond donors (Lipinski definition) is 1. The second-order valence-corrected chi connectivity index (χ2v) is 27.7. The highest BCUT2D eigenvalue weighted by atomic mass is 16.6. The standard InChI is InChI=1S/C82H74BN3O5/c1-80(2,3)60-27-21-53(22-28-60)56-14-12-15-64(44-56)85-70-46-59(54-23-29-61(30-24-54)81(4,5)6)26-37-68(70)83-69-50-77-78(91-42-41-90-77)51-71(69)86(66-36-38-75-76(49-66)89-40-39-88-75)73-48-67(47-72(85)79(73)83)84(63-34-31-62(32-35-63)82(7,8)9)65-33-25-57-43-52(18-20-58(57)45-65)17-19-55-13-10-11-16-74(55)87/h10-38,43-51,87H,39-42H2,1-9H3/b19-17+. The van der Waals surface area contributed by atoms with E-state index in [1.807, 2.05) is 30.3 Å². The summed E-state index contributed by atoms with van der Waals surface area (Å²) in [5, 5.41) is 12.8. The van der Waals surface area contributed by atoms with E-state index in [0.717, 1.165) is 118 Å². The van der Waals surface area contributed by atoms with Crippen LogP contribution in [0.4, 0.5) is 51.2 Å². The summed E-state index contributed by atoms with van der Waals surface area (Å²) in [6, 6.07) is 80.0. The Labute approximate surface area is 535 Å². The maximum absolute atomic E-state index is 10.6. The molecule has 0 fully saturated rings. The van der Waals surface area contributed by atoms with Crippen molar-refractivity contribution in [2.24, 2.45) is 0 Å². The van der Waals surface area contributed by atoms with Crippen molar-refractivity contribution >= 4 is 97.2 Å². The third-order valence-electron chi connectivity index (χ3n) is 18.5. The Balaban J connectivity index is 1.01. The van der Waals surface area contributed by atoms with E-state index in [1.165, 1.54) is 22.2 Å². The van der Waals surface area contributed by atoms with E-state index in [1.54, 1.807) is 6.07 Å². The van der Waals surface area contributed by atoms with Gasteiger partial charge in [0.15, 0.2) is 23.0 Å². The van der Waals surface area contributed by atoms with Crippen LogP contribution >= 0.6 is 0 Å². The van der Waals surface area contributed by atoms with Crippen LogP contribution < -0.4 is 50.0 Å². The number of phenolic OH excluding ortho intramolecular Hbond substituents is 1. The SMILES string of the molecule is CC(C)(C)c1ccc(-c2cccc(N3c4cc(-c5ccc(C(C)(C)C)cc5)ccc4B4c5cc6c(cc5N(c5ccc7c(c5)OCCO7)c5cc(N(c7ccc(C(C)(C)C)cc7)c7ccc8cc(/C=C/c9ccccc9O)ccc8c7)cc3c54)OCCO6)c2)cc1. The van der Waals surface area contributed by atoms with Gasteiger partial charge in [0.2, 0.25) is 0 Å². The zero-order chi connectivity index (χ0) is 62.5. The number of rotatable bonds is 9. The number of hydrogen-bond acceptors (Lipinski definition) is 8. The number of benzene rings is 11. The molecule has 15 rings (SSSR count). The van der Waals surface area contributed by atoms with Crippen LogP contribution in [0.5, 0.6) is 28.7 Å². The zero-order valence-corrected chi connectivity index (χ0v) is 53.3. The summed E-state index contributed by atoms with van der Waals surface area (Å²) >= 11 is 0. The lowest BCUT2D eigenvalue weighted by atomic mass is 9.33. The molecule has 4 aliphatic rings. The summed E-state index contributed by atoms with van der Waals surface area (Å²) in [7, 11) is 0. The fraction of sp³-hybridized carbons (Fsp3) is 0.195. The van der Waals surface area contributed by atoms with Gasteiger partial charge in [-0.2, -0.15) is 0 Å². The summed E-state index contributed by atoms with van der Waals surface area (Å²) in [4.78, 5) is 7.38. The third-order valence-corrected chi connectivity index (χ3v) is 18.5. The number of nitrogens with zero attached hydrogens (tertiary/aromatic N) is 3. The second kappa shape index (κ2) is 22.1. The van der Waals surface area contributed by atoms with Gasteiger partial charge in [0, 0.05) is 57.5 Å². The van der Waals surface area contributed by atoms with Crippen LogP contribution in [-0.2, 0) is 16.2 Å². The van der Waals surface area contributed by atoms with Gasteiger partial charge in [-0.3, -0.25) is 0 Å². The highest BCUT2D eigenvalue weighted by Gasteiger charge is 2.45. The zero-order valence-electron chi connectivity index (χ0n) is 53.3. The first-order valence-corrected chi connectivity index (χ1v) is 31.9. The summed E-state index contributed by atoms with van der Waals surface area (Å²) < 4.78 is 25.7. The Morgan fingerprint density at radius 2 is 0.912 bits per heavy atom. The van der Waals surface area contributed by atoms with E-state index >= 15 is 0 Å². The molecule has 0 aliphatic carbocycles. The topological polar surface area (TPSA) is 66.9 Å². The fourth-order valence-electron chi connectivity index (χ4n) is 13.6. The van der Waals surface area contributed by atoms with E-state index in [4.69, 9.17) is 18.9 Å². The Morgan fingerprint density at radius 3 is 1.55 bits per heavy atom. The van der Waals surface area contributed by atoms with Gasteiger partial charge in [-0.1, -0.05) is 196 Å². The summed E-state index contributed by atoms with van der Waals surface area (Å²) in [5.74, 6) is 3.12. The molecule has 0 spiro atoms. The first kappa shape index (κ1) is 57.3. The van der Waals surface area contributed by atoms with Gasteiger partial charge in [0.05, 0.1) is 11.4 Å². The average Bonchev–Trinajstić information content (AvgIpc) is 0.702. The van der Waals surface area contributed by atoms with Crippen molar-refractivity contribution in [3.63, 3.8) is 0 Å². The van der Waals surface area contributed by atoms with Crippen LogP contribution in [0, 0.1) is 0 Å². The van der Waals surface area contributed by atoms with Gasteiger partial charge in [0.25, 0.3) is 6.71 Å². The molecule has 0 unspecified atom stereocenters. The molecule has 0 aromatic heterocycles. The monoisotopic (exact) mass is 1190 g/mol. The van der Waals surface area contributed by atoms with Crippen molar-refractivity contribution in [2.45, 2.75) is 78.6 Å². The largest absolute Gasteiger partial charge is 0.507 e. The van der Waals surface area contributed by atoms with Gasteiger partial charge in [-0.15, -0.1) is 0 Å². The minimum atomic E-state index is -0.246. The predicted octanol–water partition coefficient (Wildman–Crippen LogP) is 19.0. The van der Waals surface area contributed by atoms with E-state index in [2.05, 4.69) is 271 Å². The molecule has 0 radical (unpaired) electrons. The fourth-order valence-corrected chi connectivity index (χ4v) is 13.6. The molecule has 0 bridgehead atoms. The van der Waals surface area contributed by atoms with Crippen molar-refractivity contribution in [1.29, 1.82) is 0 Å². The molecular weight excluding hydrogens is 1120 g/mol. The van der Waals surface area contributed by atoms with Gasteiger partial charge in [0.1, 0.15) is 32.2 Å². The van der Waals surface area contributed by atoms with Crippen LogP contribution in [-0.4, -0.2) is 38.2 Å². The van der Waals surface area contributed by atoms with E-state index in [-0.39, 0.29) is 28.7 Å². The first-order valence-electron chi connectivity index (χ1n) is 31.9. The Morgan fingerprint density at radius 1 is 0.385 bits per heavy atom. The average molecular weight is 1190 g/mol. The van der Waals surface area contributed by atoms with Gasteiger partial charge in [-0.25, -0.2) is 0 Å². The second-order valence-electron chi connectivity index (χ2n) is 27.7. The van der Waals surface area contributed by atoms with Crippen molar-refractivity contribution in [2.75, 3.05) is 41.1 Å². The maximum Gasteiger partial charge on any atom is 0.252 e. The molecule has 8 nitrogen and oxygen atoms in total. The molecule has 4 heterocycles. The van der Waals surface area contributed by atoms with Crippen molar-refractivity contribution in [1.82, 2.24) is 0 Å². The highest BCUT2D eigenvalue weighted by Crippen LogP contribution is 2.52. The summed E-state index contributed by atoms with van der Waals surface area (Å²) in [6.45, 7) is 22.1. The number of anilines is 9. The third kappa shape index (κ3) is 10.6. The molecule has 0 amide bonds. The smallest absolute Gasteiger partial charge is 0.252 e. The number of aromatic hydroxyl groups is 1. The van der Waals surface area contributed by atoms with Crippen LogP contribution in [0.1, 0.15) is 90.1 Å². The molecule has 1 N–H and O–H groups in total. The molecule has 4 aliphatic heterocycles. The molecule has 450 valence electrons. The number of ether oxygens (including phenoxy) is 4. The maximum atomic E-state index is 10.6. The van der Waals surface area contributed by atoms with E-state index in [0.29, 0.717) is 37.9 Å². The minimum Gasteiger partial charge on any atom is -0.507 e. The lowest BCUT2D eigenvalue weighted by Crippen LogP contribution is -2.61.